The number of hydrogen-bond acceptors (Lipinski definition) is 9. The van der Waals surface area contributed by atoms with Gasteiger partial charge >= 0.3 is 16.1 Å². The van der Waals surface area contributed by atoms with E-state index in [-0.39, 0.29) is 27.0 Å². The van der Waals surface area contributed by atoms with Crippen molar-refractivity contribution in [3.63, 3.8) is 0 Å². The molecule has 0 radical (unpaired) electrons. The summed E-state index contributed by atoms with van der Waals surface area (Å²) in [6.45, 7) is 4.10. The molecule has 0 bridgehead atoms. The summed E-state index contributed by atoms with van der Waals surface area (Å²) in [5, 5.41) is 1.89. The van der Waals surface area contributed by atoms with Crippen molar-refractivity contribution in [2.45, 2.75) is 31.8 Å². The number of thioether (sulfide) groups is 1. The first-order valence-electron chi connectivity index (χ1n) is 10.3. The summed E-state index contributed by atoms with van der Waals surface area (Å²) in [5.74, 6) is -1.79. The molecule has 1 heterocycles. The minimum atomic E-state index is -4.25. The number of amides is 3. The molecule has 1 aliphatic rings. The average Bonchev–Trinajstić information content (AvgIpc) is 3.01. The minimum absolute atomic E-state index is 0.000421. The number of carbonyl (C=O) groups is 4. The van der Waals surface area contributed by atoms with Gasteiger partial charge in [0, 0.05) is 18.2 Å². The van der Waals surface area contributed by atoms with Crippen LogP contribution in [0, 0.1) is 0 Å². The number of hydrogen-bond donors (Lipinski definition) is 1. The first-order valence-corrected chi connectivity index (χ1v) is 12.5. The van der Waals surface area contributed by atoms with Crippen LogP contribution in [0.4, 0.5) is 10.5 Å². The zero-order valence-electron chi connectivity index (χ0n) is 19.0. The highest BCUT2D eigenvalue weighted by molar-refractivity contribution is 8.18. The van der Waals surface area contributed by atoms with Crippen molar-refractivity contribution in [2.75, 3.05) is 11.9 Å². The van der Waals surface area contributed by atoms with Gasteiger partial charge in [-0.1, -0.05) is 18.2 Å². The van der Waals surface area contributed by atoms with Gasteiger partial charge in [-0.2, -0.15) is 8.42 Å². The van der Waals surface area contributed by atoms with Crippen molar-refractivity contribution in [1.82, 2.24) is 4.90 Å². The molecule has 35 heavy (non-hydrogen) atoms. The van der Waals surface area contributed by atoms with E-state index >= 15 is 0 Å². The van der Waals surface area contributed by atoms with Crippen molar-refractivity contribution in [3.05, 3.63) is 59.0 Å². The van der Waals surface area contributed by atoms with E-state index in [0.717, 1.165) is 4.90 Å². The monoisotopic (exact) mass is 518 g/mol. The highest BCUT2D eigenvalue weighted by Crippen LogP contribution is 2.34. The summed E-state index contributed by atoms with van der Waals surface area (Å²) in [6.07, 6.45) is 0.925. The Labute approximate surface area is 206 Å². The number of rotatable bonds is 8. The summed E-state index contributed by atoms with van der Waals surface area (Å²) in [5.41, 5.74) is 0.658. The molecule has 3 rings (SSSR count). The number of nitrogens with one attached hydrogen (secondary N) is 1. The Morgan fingerprint density at radius 2 is 1.74 bits per heavy atom. The molecule has 2 aromatic carbocycles. The van der Waals surface area contributed by atoms with Crippen LogP contribution in [0.2, 0.25) is 0 Å². The van der Waals surface area contributed by atoms with Crippen molar-refractivity contribution < 1.29 is 36.5 Å². The Morgan fingerprint density at radius 1 is 1.09 bits per heavy atom. The largest absolute Gasteiger partial charge is 0.462 e. The summed E-state index contributed by atoms with van der Waals surface area (Å²) in [6, 6.07) is 11.5. The lowest BCUT2D eigenvalue weighted by atomic mass is 10.2. The van der Waals surface area contributed by atoms with Crippen LogP contribution in [0.1, 0.15) is 26.3 Å². The van der Waals surface area contributed by atoms with Gasteiger partial charge in [-0.05, 0) is 62.0 Å². The molecule has 0 aromatic heterocycles. The van der Waals surface area contributed by atoms with Gasteiger partial charge in [-0.3, -0.25) is 24.1 Å². The molecule has 0 spiro atoms. The highest BCUT2D eigenvalue weighted by atomic mass is 32.2. The lowest BCUT2D eigenvalue weighted by molar-refractivity contribution is -0.149. The van der Waals surface area contributed by atoms with Gasteiger partial charge in [0.15, 0.2) is 0 Å². The van der Waals surface area contributed by atoms with E-state index in [1.807, 2.05) is 0 Å². The van der Waals surface area contributed by atoms with Gasteiger partial charge in [0.25, 0.3) is 11.1 Å². The highest BCUT2D eigenvalue weighted by Gasteiger charge is 2.37. The summed E-state index contributed by atoms with van der Waals surface area (Å²) in [7, 11) is -4.25. The average molecular weight is 519 g/mol. The Morgan fingerprint density at radius 3 is 2.37 bits per heavy atom. The normalized spacial score (nSPS) is 15.0. The van der Waals surface area contributed by atoms with Gasteiger partial charge in [0.1, 0.15) is 17.2 Å². The fourth-order valence-corrected chi connectivity index (χ4v) is 4.74. The number of esters is 1. The molecular formula is C23H22N2O8S2. The summed E-state index contributed by atoms with van der Waals surface area (Å²) < 4.78 is 35.9. The zero-order valence-corrected chi connectivity index (χ0v) is 20.6. The maximum atomic E-state index is 12.8. The van der Waals surface area contributed by atoms with E-state index in [1.165, 1.54) is 49.4 Å². The van der Waals surface area contributed by atoms with E-state index in [2.05, 4.69) is 5.32 Å². The van der Waals surface area contributed by atoms with Crippen LogP contribution in [0.15, 0.2) is 58.3 Å². The molecule has 2 aromatic rings. The zero-order chi connectivity index (χ0) is 25.8. The standard InChI is InChI=1S/C23H22N2O8S2/c1-14(2)32-21(27)13-25-22(28)20(34-23(25)29)12-16-6-4-5-7-19(16)33-35(30,31)18-10-8-17(9-11-18)24-15(3)26/h4-12,14H,13H2,1-3H3,(H,24,26)/b20-12-. The van der Waals surface area contributed by atoms with Crippen LogP contribution < -0.4 is 9.50 Å². The molecule has 1 N–H and O–H groups in total. The lowest BCUT2D eigenvalue weighted by Gasteiger charge is -2.13. The third-order valence-corrected chi connectivity index (χ3v) is 6.55. The van der Waals surface area contributed by atoms with Gasteiger partial charge in [0.05, 0.1) is 11.0 Å². The third-order valence-electron chi connectivity index (χ3n) is 4.40. The van der Waals surface area contributed by atoms with Gasteiger partial charge in [-0.25, -0.2) is 0 Å². The molecule has 0 unspecified atom stereocenters. The first kappa shape index (κ1) is 26.0. The smallest absolute Gasteiger partial charge is 0.339 e. The topological polar surface area (TPSA) is 136 Å². The van der Waals surface area contributed by atoms with E-state index in [0.29, 0.717) is 17.4 Å². The Balaban J connectivity index is 1.81. The molecule has 184 valence electrons. The van der Waals surface area contributed by atoms with E-state index in [1.54, 1.807) is 26.0 Å². The molecular weight excluding hydrogens is 496 g/mol. The Kier molecular flexibility index (Phi) is 7.97. The maximum Gasteiger partial charge on any atom is 0.339 e. The second-order valence-electron chi connectivity index (χ2n) is 7.59. The van der Waals surface area contributed by atoms with Crippen LogP contribution in [-0.4, -0.2) is 49.0 Å². The molecule has 12 heteroatoms. The van der Waals surface area contributed by atoms with E-state index in [4.69, 9.17) is 8.92 Å². The SMILES string of the molecule is CC(=O)Nc1ccc(S(=O)(=O)Oc2ccccc2/C=C2\SC(=O)N(CC(=O)OC(C)C)C2=O)cc1. The number of anilines is 1. The molecule has 0 aliphatic carbocycles. The van der Waals surface area contributed by atoms with Crippen molar-refractivity contribution in [3.8, 4) is 5.75 Å². The molecule has 1 aliphatic heterocycles. The van der Waals surface area contributed by atoms with Crippen LogP contribution in [0.25, 0.3) is 6.08 Å². The Bertz CT molecular complexity index is 1300. The lowest BCUT2D eigenvalue weighted by Crippen LogP contribution is -2.35. The second kappa shape index (κ2) is 10.7. The predicted molar refractivity (Wildman–Crippen MR) is 129 cm³/mol. The van der Waals surface area contributed by atoms with Crippen molar-refractivity contribution in [2.24, 2.45) is 0 Å². The first-order chi connectivity index (χ1) is 16.5. The van der Waals surface area contributed by atoms with Crippen molar-refractivity contribution >= 4 is 56.7 Å². The van der Waals surface area contributed by atoms with E-state index in [9.17, 15) is 27.6 Å². The fourth-order valence-electron chi connectivity index (χ4n) is 2.96. The number of para-hydroxylation sites is 1. The number of imide groups is 1. The number of ether oxygens (including phenoxy) is 1. The summed E-state index contributed by atoms with van der Waals surface area (Å²) in [4.78, 5) is 48.6. The van der Waals surface area contributed by atoms with E-state index < -0.39 is 39.9 Å². The van der Waals surface area contributed by atoms with Crippen LogP contribution >= 0.6 is 11.8 Å². The molecule has 1 saturated heterocycles. The number of benzene rings is 2. The molecule has 0 saturated carbocycles. The van der Waals surface area contributed by atoms with Crippen molar-refractivity contribution in [1.29, 1.82) is 0 Å². The molecule has 0 atom stereocenters. The third kappa shape index (κ3) is 6.70. The second-order valence-corrected chi connectivity index (χ2v) is 10.1. The quantitative estimate of drug-likeness (QED) is 0.317. The number of carbonyl (C=O) groups excluding carboxylic acids is 4. The minimum Gasteiger partial charge on any atom is -0.462 e. The molecule has 1 fully saturated rings. The predicted octanol–water partition coefficient (Wildman–Crippen LogP) is 3.40. The molecule has 3 amide bonds. The maximum absolute atomic E-state index is 12.8. The van der Waals surface area contributed by atoms with Gasteiger partial charge in [-0.15, -0.1) is 0 Å². The van der Waals surface area contributed by atoms with Crippen LogP contribution in [-0.2, 0) is 29.2 Å². The Hall–Kier alpha value is -3.64. The van der Waals surface area contributed by atoms with Gasteiger partial charge < -0.3 is 14.2 Å². The molecule has 10 nitrogen and oxygen atoms in total. The summed E-state index contributed by atoms with van der Waals surface area (Å²) >= 11 is 0.618. The van der Waals surface area contributed by atoms with Crippen LogP contribution in [0.3, 0.4) is 0 Å². The fraction of sp³-hybridized carbons (Fsp3) is 0.217. The number of nitrogens with zero attached hydrogens (tertiary/aromatic N) is 1. The van der Waals surface area contributed by atoms with Gasteiger partial charge in [0.2, 0.25) is 5.91 Å². The van der Waals surface area contributed by atoms with Crippen LogP contribution in [0.5, 0.6) is 5.75 Å².